The lowest BCUT2D eigenvalue weighted by Gasteiger charge is -2.41. The van der Waals surface area contributed by atoms with Crippen LogP contribution in [-0.4, -0.2) is 23.5 Å². The van der Waals surface area contributed by atoms with E-state index in [1.807, 2.05) is 59.5 Å². The van der Waals surface area contributed by atoms with Crippen LogP contribution in [0.4, 0.5) is 5.69 Å². The second kappa shape index (κ2) is 7.27. The maximum atomic E-state index is 13.0. The van der Waals surface area contributed by atoms with E-state index in [1.165, 1.54) is 0 Å². The van der Waals surface area contributed by atoms with Crippen molar-refractivity contribution in [3.05, 3.63) is 59.7 Å². The van der Waals surface area contributed by atoms with Crippen LogP contribution in [0.2, 0.25) is 0 Å². The minimum absolute atomic E-state index is 0.0197. The van der Waals surface area contributed by atoms with E-state index in [4.69, 9.17) is 10.00 Å². The highest BCUT2D eigenvalue weighted by Crippen LogP contribution is 2.35. The zero-order valence-corrected chi connectivity index (χ0v) is 14.4. The average Bonchev–Trinajstić information content (AvgIpc) is 2.66. The molecule has 0 fully saturated rings. The van der Waals surface area contributed by atoms with Gasteiger partial charge in [-0.1, -0.05) is 31.2 Å². The van der Waals surface area contributed by atoms with Crippen molar-refractivity contribution in [1.29, 1.82) is 5.26 Å². The summed E-state index contributed by atoms with van der Waals surface area (Å²) in [5.41, 5.74) is 2.53. The fourth-order valence-electron chi connectivity index (χ4n) is 3.03. The zero-order valence-electron chi connectivity index (χ0n) is 14.4. The summed E-state index contributed by atoms with van der Waals surface area (Å²) >= 11 is 0. The molecule has 1 aliphatic heterocycles. The number of carbonyl (C=O) groups is 1. The summed E-state index contributed by atoms with van der Waals surface area (Å²) < 4.78 is 5.31. The smallest absolute Gasteiger partial charge is 0.258 e. The van der Waals surface area contributed by atoms with E-state index >= 15 is 0 Å². The SMILES string of the molecule is CC[C@H](C)N1C(=O)c2ccccc2N[C@H]1c1ccc(OCC#N)cc1. The molecule has 0 saturated heterocycles. The van der Waals surface area contributed by atoms with Gasteiger partial charge in [-0.3, -0.25) is 4.79 Å². The Morgan fingerprint density at radius 3 is 2.64 bits per heavy atom. The normalized spacial score (nSPS) is 17.2. The van der Waals surface area contributed by atoms with Crippen LogP contribution in [0.1, 0.15) is 42.4 Å². The largest absolute Gasteiger partial charge is 0.479 e. The number of benzene rings is 2. The standard InChI is InChI=1S/C20H21N3O2/c1-3-14(2)23-19(15-8-10-16(11-9-15)25-13-12-21)22-18-7-5-4-6-17(18)20(23)24/h4-11,14,19,22H,3,13H2,1-2H3/t14-,19+/m0/s1. The van der Waals surface area contributed by atoms with E-state index < -0.39 is 0 Å². The van der Waals surface area contributed by atoms with Gasteiger partial charge in [-0.25, -0.2) is 0 Å². The van der Waals surface area contributed by atoms with Gasteiger partial charge in [0.05, 0.1) is 5.56 Å². The van der Waals surface area contributed by atoms with Crippen molar-refractivity contribution in [1.82, 2.24) is 4.90 Å². The predicted octanol–water partition coefficient (Wildman–Crippen LogP) is 3.95. The van der Waals surface area contributed by atoms with Gasteiger partial charge in [-0.05, 0) is 43.2 Å². The van der Waals surface area contributed by atoms with Crippen LogP contribution in [0, 0.1) is 11.3 Å². The van der Waals surface area contributed by atoms with Gasteiger partial charge in [-0.15, -0.1) is 0 Å². The second-order valence-electron chi connectivity index (χ2n) is 6.08. The number of amides is 1. The van der Waals surface area contributed by atoms with Gasteiger partial charge in [0.25, 0.3) is 5.91 Å². The van der Waals surface area contributed by atoms with Gasteiger partial charge in [0.15, 0.2) is 6.61 Å². The summed E-state index contributed by atoms with van der Waals surface area (Å²) in [4.78, 5) is 14.9. The molecule has 0 aliphatic carbocycles. The molecule has 3 rings (SSSR count). The third kappa shape index (κ3) is 3.29. The molecule has 0 aromatic heterocycles. The molecule has 1 N–H and O–H groups in total. The van der Waals surface area contributed by atoms with E-state index in [0.29, 0.717) is 11.3 Å². The summed E-state index contributed by atoms with van der Waals surface area (Å²) in [6, 6.07) is 17.2. The average molecular weight is 335 g/mol. The number of carbonyl (C=O) groups excluding carboxylic acids is 1. The van der Waals surface area contributed by atoms with Crippen LogP contribution >= 0.6 is 0 Å². The topological polar surface area (TPSA) is 65.4 Å². The van der Waals surface area contributed by atoms with E-state index in [-0.39, 0.29) is 24.7 Å². The minimum Gasteiger partial charge on any atom is -0.479 e. The molecular formula is C20H21N3O2. The first-order valence-corrected chi connectivity index (χ1v) is 8.43. The van der Waals surface area contributed by atoms with Crippen LogP contribution in [0.15, 0.2) is 48.5 Å². The Morgan fingerprint density at radius 1 is 1.24 bits per heavy atom. The minimum atomic E-state index is -0.234. The number of nitrogens with zero attached hydrogens (tertiary/aromatic N) is 2. The number of hydrogen-bond acceptors (Lipinski definition) is 4. The van der Waals surface area contributed by atoms with Crippen molar-refractivity contribution in [3.8, 4) is 11.8 Å². The van der Waals surface area contributed by atoms with Crippen molar-refractivity contribution < 1.29 is 9.53 Å². The molecule has 0 bridgehead atoms. The van der Waals surface area contributed by atoms with E-state index in [0.717, 1.165) is 17.7 Å². The lowest BCUT2D eigenvalue weighted by atomic mass is 10.0. The molecule has 1 amide bonds. The van der Waals surface area contributed by atoms with Gasteiger partial charge in [-0.2, -0.15) is 5.26 Å². The van der Waals surface area contributed by atoms with Gasteiger partial charge in [0.2, 0.25) is 0 Å². The van der Waals surface area contributed by atoms with Crippen LogP contribution in [0.5, 0.6) is 5.75 Å². The summed E-state index contributed by atoms with van der Waals surface area (Å²) in [6.07, 6.45) is 0.637. The van der Waals surface area contributed by atoms with Crippen molar-refractivity contribution in [2.24, 2.45) is 0 Å². The lowest BCUT2D eigenvalue weighted by Crippen LogP contribution is -2.47. The van der Waals surface area contributed by atoms with E-state index in [2.05, 4.69) is 19.2 Å². The van der Waals surface area contributed by atoms with Crippen molar-refractivity contribution in [3.63, 3.8) is 0 Å². The zero-order chi connectivity index (χ0) is 17.8. The van der Waals surface area contributed by atoms with Gasteiger partial charge in [0, 0.05) is 11.7 Å². The van der Waals surface area contributed by atoms with Crippen molar-refractivity contribution >= 4 is 11.6 Å². The molecule has 128 valence electrons. The Hall–Kier alpha value is -3.00. The highest BCUT2D eigenvalue weighted by Gasteiger charge is 2.35. The monoisotopic (exact) mass is 335 g/mol. The molecule has 0 spiro atoms. The molecule has 0 saturated carbocycles. The molecule has 25 heavy (non-hydrogen) atoms. The Bertz CT molecular complexity index is 795. The predicted molar refractivity (Wildman–Crippen MR) is 96.3 cm³/mol. The number of hydrogen-bond donors (Lipinski definition) is 1. The number of nitrogens with one attached hydrogen (secondary N) is 1. The molecule has 5 nitrogen and oxygen atoms in total. The summed E-state index contributed by atoms with van der Waals surface area (Å²) in [7, 11) is 0. The fourth-order valence-corrected chi connectivity index (χ4v) is 3.03. The van der Waals surface area contributed by atoms with Crippen LogP contribution in [0.3, 0.4) is 0 Å². The van der Waals surface area contributed by atoms with E-state index in [9.17, 15) is 4.79 Å². The number of rotatable bonds is 5. The van der Waals surface area contributed by atoms with Crippen molar-refractivity contribution in [2.45, 2.75) is 32.5 Å². The molecule has 5 heteroatoms. The van der Waals surface area contributed by atoms with Crippen LogP contribution in [-0.2, 0) is 0 Å². The van der Waals surface area contributed by atoms with E-state index in [1.54, 1.807) is 0 Å². The molecule has 2 aromatic carbocycles. The quantitative estimate of drug-likeness (QED) is 0.898. The summed E-state index contributed by atoms with van der Waals surface area (Å²) in [6.45, 7) is 4.16. The fraction of sp³-hybridized carbons (Fsp3) is 0.300. The highest BCUT2D eigenvalue weighted by atomic mass is 16.5. The first-order valence-electron chi connectivity index (χ1n) is 8.43. The number of fused-ring (bicyclic) bond motifs is 1. The lowest BCUT2D eigenvalue weighted by molar-refractivity contribution is 0.0593. The number of ether oxygens (including phenoxy) is 1. The molecule has 0 radical (unpaired) electrons. The van der Waals surface area contributed by atoms with Gasteiger partial charge in [0.1, 0.15) is 18.0 Å². The van der Waals surface area contributed by atoms with Gasteiger partial charge >= 0.3 is 0 Å². The first kappa shape index (κ1) is 16.8. The maximum absolute atomic E-state index is 13.0. The summed E-state index contributed by atoms with van der Waals surface area (Å²) in [5, 5.41) is 12.1. The second-order valence-corrected chi connectivity index (χ2v) is 6.08. The molecular weight excluding hydrogens is 314 g/mol. The maximum Gasteiger partial charge on any atom is 0.258 e. The molecule has 2 aromatic rings. The van der Waals surface area contributed by atoms with Crippen molar-refractivity contribution in [2.75, 3.05) is 11.9 Å². The third-order valence-electron chi connectivity index (χ3n) is 4.53. The molecule has 1 aliphatic rings. The molecule has 1 heterocycles. The van der Waals surface area contributed by atoms with Gasteiger partial charge < -0.3 is 15.0 Å². The van der Waals surface area contributed by atoms with Crippen LogP contribution in [0.25, 0.3) is 0 Å². The number of nitriles is 1. The first-order chi connectivity index (χ1) is 12.2. The summed E-state index contributed by atoms with van der Waals surface area (Å²) in [5.74, 6) is 0.682. The Labute approximate surface area is 147 Å². The Balaban J connectivity index is 1.95. The van der Waals surface area contributed by atoms with Crippen LogP contribution < -0.4 is 10.1 Å². The third-order valence-corrected chi connectivity index (χ3v) is 4.53. The molecule has 2 atom stereocenters. The Kier molecular flexibility index (Phi) is 4.90. The number of anilines is 1. The number of para-hydroxylation sites is 1. The Morgan fingerprint density at radius 2 is 1.96 bits per heavy atom. The molecule has 0 unspecified atom stereocenters. The highest BCUT2D eigenvalue weighted by molar-refractivity contribution is 6.01.